The lowest BCUT2D eigenvalue weighted by molar-refractivity contribution is -0.122. The van der Waals surface area contributed by atoms with Gasteiger partial charge in [0, 0.05) is 6.42 Å². The molecule has 2 rings (SSSR count). The van der Waals surface area contributed by atoms with Crippen LogP contribution in [0.25, 0.3) is 0 Å². The van der Waals surface area contributed by atoms with Crippen LogP contribution in [0, 0.1) is 11.8 Å². The number of benzene rings is 1. The van der Waals surface area contributed by atoms with Crippen molar-refractivity contribution in [2.45, 2.75) is 39.2 Å². The summed E-state index contributed by atoms with van der Waals surface area (Å²) in [5.41, 5.74) is 1.27. The van der Waals surface area contributed by atoms with Crippen LogP contribution in [0.3, 0.4) is 0 Å². The number of nitrogens with one attached hydrogen (secondary N) is 2. The lowest BCUT2D eigenvalue weighted by Gasteiger charge is -2.19. The summed E-state index contributed by atoms with van der Waals surface area (Å²) < 4.78 is 25.3. The lowest BCUT2D eigenvalue weighted by atomic mass is 10.0. The van der Waals surface area contributed by atoms with E-state index in [1.165, 1.54) is 12.8 Å². The highest BCUT2D eigenvalue weighted by molar-refractivity contribution is 7.92. The molecule has 0 saturated heterocycles. The van der Waals surface area contributed by atoms with Crippen molar-refractivity contribution in [1.82, 2.24) is 5.32 Å². The lowest BCUT2D eigenvalue weighted by Crippen LogP contribution is -2.29. The maximum Gasteiger partial charge on any atom is 0.229 e. The van der Waals surface area contributed by atoms with Crippen molar-refractivity contribution in [1.29, 1.82) is 0 Å². The SMILES string of the molecule is C[C@H](CC(=O)N[C@H](C)c1ccccc1NS(C)(=O)=O)C1CC1. The Bertz CT molecular complexity index is 639. The summed E-state index contributed by atoms with van der Waals surface area (Å²) in [6.07, 6.45) is 4.09. The summed E-state index contributed by atoms with van der Waals surface area (Å²) in [7, 11) is -3.35. The number of carbonyl (C=O) groups is 1. The van der Waals surface area contributed by atoms with E-state index in [0.717, 1.165) is 11.8 Å². The first-order chi connectivity index (χ1) is 10.3. The fourth-order valence-electron chi connectivity index (χ4n) is 2.67. The number of hydrogen-bond donors (Lipinski definition) is 2. The van der Waals surface area contributed by atoms with Gasteiger partial charge in [-0.2, -0.15) is 0 Å². The molecular weight excluding hydrogens is 300 g/mol. The van der Waals surface area contributed by atoms with Crippen molar-refractivity contribution >= 4 is 21.6 Å². The van der Waals surface area contributed by atoms with E-state index >= 15 is 0 Å². The van der Waals surface area contributed by atoms with Gasteiger partial charge in [-0.1, -0.05) is 25.1 Å². The highest BCUT2D eigenvalue weighted by atomic mass is 32.2. The first-order valence-corrected chi connectivity index (χ1v) is 9.51. The summed E-state index contributed by atoms with van der Waals surface area (Å²) >= 11 is 0. The monoisotopic (exact) mass is 324 g/mol. The van der Waals surface area contributed by atoms with Crippen molar-refractivity contribution in [2.24, 2.45) is 11.8 Å². The topological polar surface area (TPSA) is 75.3 Å². The Hall–Kier alpha value is -1.56. The minimum Gasteiger partial charge on any atom is -0.349 e. The second kappa shape index (κ2) is 6.69. The second-order valence-electron chi connectivity index (χ2n) is 6.27. The van der Waals surface area contributed by atoms with E-state index in [2.05, 4.69) is 17.0 Å². The van der Waals surface area contributed by atoms with Gasteiger partial charge in [-0.15, -0.1) is 0 Å². The minimum absolute atomic E-state index is 0.0149. The standard InChI is InChI=1S/C16H24N2O3S/c1-11(13-8-9-13)10-16(19)17-12(2)14-6-4-5-7-15(14)18-22(3,20)21/h4-7,11-13,18H,8-10H2,1-3H3,(H,17,19)/t11-,12-/m1/s1. The molecule has 1 amide bonds. The highest BCUT2D eigenvalue weighted by Gasteiger charge is 2.29. The van der Waals surface area contributed by atoms with E-state index in [1.54, 1.807) is 12.1 Å². The number of anilines is 1. The number of para-hydroxylation sites is 1. The van der Waals surface area contributed by atoms with Gasteiger partial charge in [0.2, 0.25) is 15.9 Å². The Morgan fingerprint density at radius 2 is 1.91 bits per heavy atom. The fraction of sp³-hybridized carbons (Fsp3) is 0.562. The average Bonchev–Trinajstić information content (AvgIpc) is 3.21. The van der Waals surface area contributed by atoms with E-state index < -0.39 is 10.0 Å². The van der Waals surface area contributed by atoms with Crippen LogP contribution in [0.4, 0.5) is 5.69 Å². The third-order valence-corrected chi connectivity index (χ3v) is 4.62. The van der Waals surface area contributed by atoms with Gasteiger partial charge < -0.3 is 5.32 Å². The molecule has 0 unspecified atom stereocenters. The molecule has 1 saturated carbocycles. The van der Waals surface area contributed by atoms with Gasteiger partial charge in [-0.05, 0) is 43.2 Å². The van der Waals surface area contributed by atoms with Crippen LogP contribution in [-0.4, -0.2) is 20.6 Å². The molecule has 5 nitrogen and oxygen atoms in total. The molecule has 1 aliphatic rings. The number of sulfonamides is 1. The first-order valence-electron chi connectivity index (χ1n) is 7.62. The Labute approximate surface area is 132 Å². The second-order valence-corrected chi connectivity index (χ2v) is 8.02. The van der Waals surface area contributed by atoms with Gasteiger partial charge in [0.1, 0.15) is 0 Å². The summed E-state index contributed by atoms with van der Waals surface area (Å²) in [6.45, 7) is 3.98. The molecule has 122 valence electrons. The van der Waals surface area contributed by atoms with Crippen LogP contribution in [0.15, 0.2) is 24.3 Å². The molecule has 1 aromatic rings. The molecule has 1 aromatic carbocycles. The van der Waals surface area contributed by atoms with Gasteiger partial charge in [0.05, 0.1) is 18.0 Å². The van der Waals surface area contributed by atoms with Gasteiger partial charge in [-0.3, -0.25) is 9.52 Å². The molecule has 2 atom stereocenters. The van der Waals surface area contributed by atoms with E-state index in [0.29, 0.717) is 23.9 Å². The molecule has 1 aliphatic carbocycles. The molecule has 0 aromatic heterocycles. The Balaban J connectivity index is 2.02. The third kappa shape index (κ3) is 5.02. The minimum atomic E-state index is -3.35. The fourth-order valence-corrected chi connectivity index (χ4v) is 3.26. The zero-order valence-electron chi connectivity index (χ0n) is 13.3. The maximum absolute atomic E-state index is 12.1. The average molecular weight is 324 g/mol. The number of amides is 1. The van der Waals surface area contributed by atoms with Crippen LogP contribution in [0.1, 0.15) is 44.7 Å². The molecule has 1 fully saturated rings. The Morgan fingerprint density at radius 1 is 1.27 bits per heavy atom. The van der Waals surface area contributed by atoms with Gasteiger partial charge in [0.25, 0.3) is 0 Å². The van der Waals surface area contributed by atoms with Crippen molar-refractivity contribution in [3.63, 3.8) is 0 Å². The van der Waals surface area contributed by atoms with Crippen LogP contribution >= 0.6 is 0 Å². The molecule has 0 radical (unpaired) electrons. The Morgan fingerprint density at radius 3 is 2.50 bits per heavy atom. The number of hydrogen-bond acceptors (Lipinski definition) is 3. The summed E-state index contributed by atoms with van der Waals surface area (Å²) in [6, 6.07) is 6.87. The summed E-state index contributed by atoms with van der Waals surface area (Å²) in [5, 5.41) is 2.96. The van der Waals surface area contributed by atoms with Crippen LogP contribution in [0.5, 0.6) is 0 Å². The predicted octanol–water partition coefficient (Wildman–Crippen LogP) is 2.67. The van der Waals surface area contributed by atoms with Crippen LogP contribution in [0.2, 0.25) is 0 Å². The van der Waals surface area contributed by atoms with Crippen molar-refractivity contribution in [2.75, 3.05) is 11.0 Å². The van der Waals surface area contributed by atoms with Crippen LogP contribution in [-0.2, 0) is 14.8 Å². The first kappa shape index (κ1) is 16.8. The van der Waals surface area contributed by atoms with Crippen LogP contribution < -0.4 is 10.0 Å². The molecule has 22 heavy (non-hydrogen) atoms. The molecule has 6 heteroatoms. The quantitative estimate of drug-likeness (QED) is 0.809. The molecular formula is C16H24N2O3S. The van der Waals surface area contributed by atoms with Gasteiger partial charge in [0.15, 0.2) is 0 Å². The molecule has 0 heterocycles. The molecule has 2 N–H and O–H groups in total. The predicted molar refractivity (Wildman–Crippen MR) is 88.0 cm³/mol. The van der Waals surface area contributed by atoms with E-state index in [-0.39, 0.29) is 11.9 Å². The van der Waals surface area contributed by atoms with E-state index in [9.17, 15) is 13.2 Å². The van der Waals surface area contributed by atoms with Gasteiger partial charge >= 0.3 is 0 Å². The number of rotatable bonds is 7. The Kier molecular flexibility index (Phi) is 5.11. The number of carbonyl (C=O) groups excluding carboxylic acids is 1. The zero-order valence-corrected chi connectivity index (χ0v) is 14.1. The molecule has 0 bridgehead atoms. The largest absolute Gasteiger partial charge is 0.349 e. The third-order valence-electron chi connectivity index (χ3n) is 4.03. The maximum atomic E-state index is 12.1. The summed E-state index contributed by atoms with van der Waals surface area (Å²) in [4.78, 5) is 12.1. The van der Waals surface area contributed by atoms with Crippen molar-refractivity contribution < 1.29 is 13.2 Å². The molecule has 0 spiro atoms. The van der Waals surface area contributed by atoms with E-state index in [1.807, 2.05) is 19.1 Å². The summed E-state index contributed by atoms with van der Waals surface area (Å²) in [5.74, 6) is 1.12. The van der Waals surface area contributed by atoms with Crippen molar-refractivity contribution in [3.05, 3.63) is 29.8 Å². The highest BCUT2D eigenvalue weighted by Crippen LogP contribution is 2.38. The van der Waals surface area contributed by atoms with Crippen molar-refractivity contribution in [3.8, 4) is 0 Å². The van der Waals surface area contributed by atoms with E-state index in [4.69, 9.17) is 0 Å². The van der Waals surface area contributed by atoms with Gasteiger partial charge in [-0.25, -0.2) is 8.42 Å². The smallest absolute Gasteiger partial charge is 0.229 e. The zero-order chi connectivity index (χ0) is 16.3. The normalized spacial score (nSPS) is 17.6. The molecule has 0 aliphatic heterocycles.